The van der Waals surface area contributed by atoms with Gasteiger partial charge in [-0.25, -0.2) is 8.78 Å². The van der Waals surface area contributed by atoms with Gasteiger partial charge >= 0.3 is 0 Å². The van der Waals surface area contributed by atoms with E-state index < -0.39 is 11.6 Å². The Bertz CT molecular complexity index is 460. The summed E-state index contributed by atoms with van der Waals surface area (Å²) in [5.74, 6) is -1.60. The van der Waals surface area contributed by atoms with Gasteiger partial charge in [0.1, 0.15) is 0 Å². The van der Waals surface area contributed by atoms with Crippen LogP contribution in [-0.2, 0) is 0 Å². The highest BCUT2D eigenvalue weighted by atomic mass is 32.1. The van der Waals surface area contributed by atoms with E-state index >= 15 is 0 Å². The maximum absolute atomic E-state index is 12.9. The van der Waals surface area contributed by atoms with E-state index in [0.717, 1.165) is 22.1 Å². The molecule has 2 rings (SSSR count). The molecule has 1 aromatic carbocycles. The highest BCUT2D eigenvalue weighted by Gasteiger charge is 2.06. The van der Waals surface area contributed by atoms with Crippen molar-refractivity contribution in [3.63, 3.8) is 0 Å². The Kier molecular flexibility index (Phi) is 2.33. The van der Waals surface area contributed by atoms with Gasteiger partial charge < -0.3 is 0 Å². The summed E-state index contributed by atoms with van der Waals surface area (Å²) in [5, 5.41) is 1.94. The van der Waals surface area contributed by atoms with E-state index in [-0.39, 0.29) is 0 Å². The third kappa shape index (κ3) is 1.55. The second kappa shape index (κ2) is 3.50. The molecular formula is C11H8F2S. The van der Waals surface area contributed by atoms with Gasteiger partial charge in [0, 0.05) is 4.88 Å². The van der Waals surface area contributed by atoms with Crippen molar-refractivity contribution in [3.8, 4) is 11.1 Å². The van der Waals surface area contributed by atoms with Crippen LogP contribution in [-0.4, -0.2) is 0 Å². The first kappa shape index (κ1) is 9.34. The fourth-order valence-electron chi connectivity index (χ4n) is 1.35. The number of thiophene rings is 1. The summed E-state index contributed by atoms with van der Waals surface area (Å²) in [6, 6.07) is 5.88. The first-order valence-electron chi connectivity index (χ1n) is 4.18. The van der Waals surface area contributed by atoms with Crippen molar-refractivity contribution >= 4 is 11.3 Å². The van der Waals surface area contributed by atoms with Gasteiger partial charge in [-0.3, -0.25) is 0 Å². The predicted molar refractivity (Wildman–Crippen MR) is 54.4 cm³/mol. The maximum Gasteiger partial charge on any atom is 0.159 e. The van der Waals surface area contributed by atoms with Crippen LogP contribution in [0, 0.1) is 18.6 Å². The molecule has 0 saturated carbocycles. The zero-order chi connectivity index (χ0) is 10.1. The zero-order valence-electron chi connectivity index (χ0n) is 7.55. The summed E-state index contributed by atoms with van der Waals surface area (Å²) in [6.45, 7) is 1.96. The van der Waals surface area contributed by atoms with Crippen molar-refractivity contribution in [2.75, 3.05) is 0 Å². The van der Waals surface area contributed by atoms with Crippen LogP contribution in [0.15, 0.2) is 29.6 Å². The van der Waals surface area contributed by atoms with Crippen LogP contribution in [0.25, 0.3) is 11.1 Å². The lowest BCUT2D eigenvalue weighted by Crippen LogP contribution is -1.84. The summed E-state index contributed by atoms with van der Waals surface area (Å²) in [6.07, 6.45) is 0. The van der Waals surface area contributed by atoms with Gasteiger partial charge in [0.2, 0.25) is 0 Å². The fourth-order valence-corrected chi connectivity index (χ4v) is 2.07. The molecule has 0 bridgehead atoms. The molecule has 14 heavy (non-hydrogen) atoms. The van der Waals surface area contributed by atoms with E-state index in [0.29, 0.717) is 0 Å². The Morgan fingerprint density at radius 3 is 2.43 bits per heavy atom. The monoisotopic (exact) mass is 210 g/mol. The summed E-state index contributed by atoms with van der Waals surface area (Å²) >= 11 is 1.59. The minimum Gasteiger partial charge on any atom is -0.204 e. The molecule has 0 aliphatic carbocycles. The van der Waals surface area contributed by atoms with E-state index in [1.54, 1.807) is 17.4 Å². The molecule has 0 saturated heterocycles. The second-order valence-electron chi connectivity index (χ2n) is 3.02. The molecule has 0 unspecified atom stereocenters. The van der Waals surface area contributed by atoms with E-state index in [4.69, 9.17) is 0 Å². The molecular weight excluding hydrogens is 202 g/mol. The van der Waals surface area contributed by atoms with E-state index in [1.807, 2.05) is 18.4 Å². The summed E-state index contributed by atoms with van der Waals surface area (Å²) in [4.78, 5) is 1.11. The van der Waals surface area contributed by atoms with Crippen molar-refractivity contribution in [2.24, 2.45) is 0 Å². The van der Waals surface area contributed by atoms with Crippen molar-refractivity contribution in [1.29, 1.82) is 0 Å². The van der Waals surface area contributed by atoms with Crippen LogP contribution in [0.2, 0.25) is 0 Å². The molecule has 72 valence electrons. The summed E-state index contributed by atoms with van der Waals surface area (Å²) in [7, 11) is 0. The Morgan fingerprint density at radius 1 is 1.07 bits per heavy atom. The van der Waals surface area contributed by atoms with Gasteiger partial charge in [-0.1, -0.05) is 6.07 Å². The number of halogens is 2. The van der Waals surface area contributed by atoms with E-state index in [1.165, 1.54) is 6.07 Å². The lowest BCUT2D eigenvalue weighted by Gasteiger charge is -2.00. The van der Waals surface area contributed by atoms with Gasteiger partial charge in [-0.2, -0.15) is 0 Å². The third-order valence-electron chi connectivity index (χ3n) is 2.09. The largest absolute Gasteiger partial charge is 0.204 e. The highest BCUT2D eigenvalue weighted by Crippen LogP contribution is 2.28. The lowest BCUT2D eigenvalue weighted by atomic mass is 10.1. The molecule has 0 nitrogen and oxygen atoms in total. The molecule has 0 aliphatic rings. The minimum atomic E-state index is -0.804. The summed E-state index contributed by atoms with van der Waals surface area (Å²) < 4.78 is 25.6. The van der Waals surface area contributed by atoms with Crippen molar-refractivity contribution in [2.45, 2.75) is 6.92 Å². The van der Waals surface area contributed by atoms with Gasteiger partial charge in [0.25, 0.3) is 0 Å². The third-order valence-corrected chi connectivity index (χ3v) is 2.94. The molecule has 0 amide bonds. The van der Waals surface area contributed by atoms with Crippen LogP contribution in [0.1, 0.15) is 4.88 Å². The Morgan fingerprint density at radius 2 is 1.86 bits per heavy atom. The first-order valence-corrected chi connectivity index (χ1v) is 5.06. The van der Waals surface area contributed by atoms with Gasteiger partial charge in [-0.15, -0.1) is 11.3 Å². The van der Waals surface area contributed by atoms with E-state index in [9.17, 15) is 8.78 Å². The van der Waals surface area contributed by atoms with E-state index in [2.05, 4.69) is 0 Å². The normalized spacial score (nSPS) is 10.5. The van der Waals surface area contributed by atoms with Gasteiger partial charge in [-0.05, 0) is 41.6 Å². The van der Waals surface area contributed by atoms with Crippen LogP contribution >= 0.6 is 11.3 Å². The summed E-state index contributed by atoms with van der Waals surface area (Å²) in [5.41, 5.74) is 1.69. The van der Waals surface area contributed by atoms with Crippen molar-refractivity contribution < 1.29 is 8.78 Å². The Hall–Kier alpha value is -1.22. The quantitative estimate of drug-likeness (QED) is 0.667. The lowest BCUT2D eigenvalue weighted by molar-refractivity contribution is 0.509. The molecule has 0 radical (unpaired) electrons. The fraction of sp³-hybridized carbons (Fsp3) is 0.0909. The Balaban J connectivity index is 2.53. The van der Waals surface area contributed by atoms with Crippen LogP contribution in [0.4, 0.5) is 8.78 Å². The zero-order valence-corrected chi connectivity index (χ0v) is 8.37. The number of aryl methyl sites for hydroxylation is 1. The number of hydrogen-bond acceptors (Lipinski definition) is 1. The average Bonchev–Trinajstić information content (AvgIpc) is 2.57. The van der Waals surface area contributed by atoms with Crippen LogP contribution in [0.3, 0.4) is 0 Å². The topological polar surface area (TPSA) is 0 Å². The smallest absolute Gasteiger partial charge is 0.159 e. The minimum absolute atomic E-state index is 0.725. The van der Waals surface area contributed by atoms with Crippen LogP contribution < -0.4 is 0 Å². The molecule has 3 heteroatoms. The van der Waals surface area contributed by atoms with Crippen LogP contribution in [0.5, 0.6) is 0 Å². The molecule has 0 spiro atoms. The molecule has 0 atom stereocenters. The molecule has 0 N–H and O–H groups in total. The number of hydrogen-bond donors (Lipinski definition) is 0. The Labute approximate surface area is 84.8 Å². The highest BCUT2D eigenvalue weighted by molar-refractivity contribution is 7.10. The predicted octanol–water partition coefficient (Wildman–Crippen LogP) is 4.00. The SMILES string of the molecule is Cc1sccc1-c1ccc(F)c(F)c1. The van der Waals surface area contributed by atoms with Gasteiger partial charge in [0.05, 0.1) is 0 Å². The molecule has 0 aliphatic heterocycles. The standard InChI is InChI=1S/C11H8F2S/c1-7-9(4-5-14-7)8-2-3-10(12)11(13)6-8/h2-6H,1H3. The second-order valence-corrected chi connectivity index (χ2v) is 4.14. The van der Waals surface area contributed by atoms with Crippen molar-refractivity contribution in [3.05, 3.63) is 46.2 Å². The average molecular weight is 210 g/mol. The van der Waals surface area contributed by atoms with Crippen molar-refractivity contribution in [1.82, 2.24) is 0 Å². The molecule has 1 heterocycles. The molecule has 1 aromatic heterocycles. The first-order chi connectivity index (χ1) is 6.68. The number of rotatable bonds is 1. The number of benzene rings is 1. The molecule has 0 fully saturated rings. The maximum atomic E-state index is 12.9. The molecule has 2 aromatic rings. The van der Waals surface area contributed by atoms with Gasteiger partial charge in [0.15, 0.2) is 11.6 Å².